The number of aromatic carboxylic acids is 1. The summed E-state index contributed by atoms with van der Waals surface area (Å²) in [5.41, 5.74) is 0.331. The van der Waals surface area contributed by atoms with Crippen molar-refractivity contribution in [1.82, 2.24) is 0 Å². The van der Waals surface area contributed by atoms with E-state index < -0.39 is 5.97 Å². The summed E-state index contributed by atoms with van der Waals surface area (Å²) in [5.74, 6) is -0.462. The molecule has 0 aliphatic heterocycles. The molecule has 1 N–H and O–H groups in total. The number of hydrogen-bond acceptors (Lipinski definition) is 3. The highest BCUT2D eigenvalue weighted by Gasteiger charge is 2.12. The molecule has 0 aromatic heterocycles. The van der Waals surface area contributed by atoms with Gasteiger partial charge in [-0.15, -0.1) is 0 Å². The monoisotopic (exact) mass is 264 g/mol. The first-order valence-electron chi connectivity index (χ1n) is 6.29. The fourth-order valence-electron chi connectivity index (χ4n) is 1.67. The predicted molar refractivity (Wildman–Crippen MR) is 73.2 cm³/mol. The Hall–Kier alpha value is -1.97. The molecular formula is C15H20O4. The summed E-state index contributed by atoms with van der Waals surface area (Å²) in [6, 6.07) is 8.30. The summed E-state index contributed by atoms with van der Waals surface area (Å²) in [4.78, 5) is 29.0. The summed E-state index contributed by atoms with van der Waals surface area (Å²) in [5, 5.41) is 8.38. The lowest BCUT2D eigenvalue weighted by Crippen LogP contribution is -1.93. The molecule has 19 heavy (non-hydrogen) atoms. The van der Waals surface area contributed by atoms with E-state index in [4.69, 9.17) is 9.90 Å². The molecule has 1 saturated carbocycles. The van der Waals surface area contributed by atoms with E-state index in [2.05, 4.69) is 0 Å². The van der Waals surface area contributed by atoms with Crippen LogP contribution in [0.4, 0.5) is 0 Å². The van der Waals surface area contributed by atoms with Gasteiger partial charge in [0.05, 0.1) is 5.56 Å². The summed E-state index contributed by atoms with van der Waals surface area (Å²) < 4.78 is 0. The maximum absolute atomic E-state index is 10.2. The lowest BCUT2D eigenvalue weighted by Gasteiger charge is -1.90. The number of carboxylic acids is 1. The molecule has 0 bridgehead atoms. The number of carbonyl (C=O) groups is 3. The van der Waals surface area contributed by atoms with Crippen molar-refractivity contribution in [2.75, 3.05) is 0 Å². The number of aldehydes is 2. The highest BCUT2D eigenvalue weighted by molar-refractivity contribution is 5.87. The molecule has 4 heteroatoms. The Balaban J connectivity index is 0.000000289. The van der Waals surface area contributed by atoms with Gasteiger partial charge in [0, 0.05) is 5.92 Å². The van der Waals surface area contributed by atoms with Crippen molar-refractivity contribution in [3.63, 3.8) is 0 Å². The summed E-state index contributed by atoms with van der Waals surface area (Å²) >= 11 is 0. The zero-order valence-electron chi connectivity index (χ0n) is 11.1. The Bertz CT molecular complexity index is 367. The normalized spacial score (nSPS) is 13.3. The number of carboxylic acid groups (broad SMARTS) is 1. The van der Waals surface area contributed by atoms with E-state index in [9.17, 15) is 9.59 Å². The molecule has 0 radical (unpaired) electrons. The molecule has 4 nitrogen and oxygen atoms in total. The SMILES string of the molecule is CC=O.O=C(O)c1ccccc1.O=CC1CCCC1. The zero-order chi connectivity index (χ0) is 14.5. The standard InChI is InChI=1S/C7H6O2.C6H10O.C2H4O/c8-7(9)6-4-2-1-3-5-6;7-5-6-3-1-2-4-6;1-2-3/h1-5H,(H,8,9);5-6H,1-4H2;2H,1H3. The van der Waals surface area contributed by atoms with E-state index in [1.807, 2.05) is 0 Å². The van der Waals surface area contributed by atoms with Crippen LogP contribution in [-0.2, 0) is 9.59 Å². The zero-order valence-corrected chi connectivity index (χ0v) is 11.1. The van der Waals surface area contributed by atoms with Crippen LogP contribution in [0.15, 0.2) is 30.3 Å². The van der Waals surface area contributed by atoms with Crippen molar-refractivity contribution in [1.29, 1.82) is 0 Å². The third kappa shape index (κ3) is 8.71. The van der Waals surface area contributed by atoms with Gasteiger partial charge < -0.3 is 14.7 Å². The molecule has 0 amide bonds. The van der Waals surface area contributed by atoms with Crippen LogP contribution in [0, 0.1) is 5.92 Å². The minimum Gasteiger partial charge on any atom is -0.478 e. The summed E-state index contributed by atoms with van der Waals surface area (Å²) in [7, 11) is 0. The topological polar surface area (TPSA) is 71.4 Å². The average molecular weight is 264 g/mol. The third-order valence-corrected chi connectivity index (χ3v) is 2.61. The number of benzene rings is 1. The lowest BCUT2D eigenvalue weighted by atomic mass is 10.1. The Labute approximate surface area is 113 Å². The molecule has 0 saturated heterocycles. The molecule has 0 heterocycles. The quantitative estimate of drug-likeness (QED) is 0.833. The first kappa shape index (κ1) is 17.0. The molecule has 1 aliphatic rings. The number of hydrogen-bond donors (Lipinski definition) is 1. The van der Waals surface area contributed by atoms with Crippen molar-refractivity contribution in [2.24, 2.45) is 5.92 Å². The van der Waals surface area contributed by atoms with Crippen LogP contribution in [-0.4, -0.2) is 23.6 Å². The maximum atomic E-state index is 10.2. The van der Waals surface area contributed by atoms with Crippen LogP contribution in [0.3, 0.4) is 0 Å². The van der Waals surface area contributed by atoms with E-state index in [0.717, 1.165) is 25.4 Å². The first-order chi connectivity index (χ1) is 9.15. The maximum Gasteiger partial charge on any atom is 0.335 e. The molecule has 104 valence electrons. The molecule has 0 atom stereocenters. The molecule has 1 aromatic carbocycles. The predicted octanol–water partition coefficient (Wildman–Crippen LogP) is 2.97. The lowest BCUT2D eigenvalue weighted by molar-refractivity contribution is -0.111. The van der Waals surface area contributed by atoms with Gasteiger partial charge in [0.2, 0.25) is 0 Å². The summed E-state index contributed by atoms with van der Waals surface area (Å²) in [6.07, 6.45) is 6.66. The van der Waals surface area contributed by atoms with Crippen molar-refractivity contribution < 1.29 is 19.5 Å². The molecule has 0 unspecified atom stereocenters. The van der Waals surface area contributed by atoms with Gasteiger partial charge in [0.1, 0.15) is 12.6 Å². The fourth-order valence-corrected chi connectivity index (χ4v) is 1.67. The van der Waals surface area contributed by atoms with E-state index >= 15 is 0 Å². The summed E-state index contributed by atoms with van der Waals surface area (Å²) in [6.45, 7) is 1.44. The van der Waals surface area contributed by atoms with Gasteiger partial charge >= 0.3 is 5.97 Å². The van der Waals surface area contributed by atoms with Crippen molar-refractivity contribution in [3.8, 4) is 0 Å². The van der Waals surface area contributed by atoms with Crippen LogP contribution < -0.4 is 0 Å². The Kier molecular flexibility index (Phi) is 9.98. The van der Waals surface area contributed by atoms with E-state index in [0.29, 0.717) is 11.5 Å². The molecule has 2 rings (SSSR count). The molecule has 1 aromatic rings. The third-order valence-electron chi connectivity index (χ3n) is 2.61. The van der Waals surface area contributed by atoms with Crippen LogP contribution in [0.1, 0.15) is 43.0 Å². The first-order valence-corrected chi connectivity index (χ1v) is 6.29. The van der Waals surface area contributed by atoms with Gasteiger partial charge in [-0.2, -0.15) is 0 Å². The Morgan fingerprint density at radius 1 is 1.16 bits per heavy atom. The van der Waals surface area contributed by atoms with Crippen LogP contribution >= 0.6 is 0 Å². The highest BCUT2D eigenvalue weighted by Crippen LogP contribution is 2.21. The minimum absolute atomic E-state index is 0.331. The van der Waals surface area contributed by atoms with E-state index in [-0.39, 0.29) is 0 Å². The van der Waals surface area contributed by atoms with Gasteiger partial charge in [-0.3, -0.25) is 0 Å². The average Bonchev–Trinajstić information content (AvgIpc) is 2.94. The molecule has 1 fully saturated rings. The number of rotatable bonds is 2. The second-order valence-corrected chi connectivity index (χ2v) is 4.09. The minimum atomic E-state index is -0.879. The number of carbonyl (C=O) groups excluding carboxylic acids is 2. The van der Waals surface area contributed by atoms with Crippen molar-refractivity contribution in [3.05, 3.63) is 35.9 Å². The van der Waals surface area contributed by atoms with Gasteiger partial charge in [0.15, 0.2) is 0 Å². The van der Waals surface area contributed by atoms with Crippen molar-refractivity contribution in [2.45, 2.75) is 32.6 Å². The Morgan fingerprint density at radius 3 is 1.89 bits per heavy atom. The van der Waals surface area contributed by atoms with Gasteiger partial charge in [-0.25, -0.2) is 4.79 Å². The van der Waals surface area contributed by atoms with Crippen molar-refractivity contribution >= 4 is 18.5 Å². The Morgan fingerprint density at radius 2 is 1.63 bits per heavy atom. The molecular weight excluding hydrogens is 244 g/mol. The van der Waals surface area contributed by atoms with Crippen LogP contribution in [0.25, 0.3) is 0 Å². The second-order valence-electron chi connectivity index (χ2n) is 4.09. The van der Waals surface area contributed by atoms with Crippen LogP contribution in [0.5, 0.6) is 0 Å². The largest absolute Gasteiger partial charge is 0.478 e. The highest BCUT2D eigenvalue weighted by atomic mass is 16.4. The fraction of sp³-hybridized carbons (Fsp3) is 0.400. The van der Waals surface area contributed by atoms with Gasteiger partial charge in [-0.1, -0.05) is 31.0 Å². The van der Waals surface area contributed by atoms with E-state index in [1.165, 1.54) is 19.8 Å². The smallest absolute Gasteiger partial charge is 0.335 e. The van der Waals surface area contributed by atoms with E-state index in [1.54, 1.807) is 30.3 Å². The molecule has 0 spiro atoms. The van der Waals surface area contributed by atoms with Gasteiger partial charge in [-0.05, 0) is 31.9 Å². The van der Waals surface area contributed by atoms with Crippen LogP contribution in [0.2, 0.25) is 0 Å². The van der Waals surface area contributed by atoms with Gasteiger partial charge in [0.25, 0.3) is 0 Å². The second kappa shape index (κ2) is 11.1. The molecule has 1 aliphatic carbocycles.